The Morgan fingerprint density at radius 2 is 2.00 bits per heavy atom. The summed E-state index contributed by atoms with van der Waals surface area (Å²) >= 11 is 2.87. The number of aromatic nitrogens is 3. The van der Waals surface area contributed by atoms with Gasteiger partial charge in [-0.3, -0.25) is 14.5 Å². The Bertz CT molecular complexity index is 1390. The fourth-order valence-corrected chi connectivity index (χ4v) is 4.91. The first-order valence-corrected chi connectivity index (χ1v) is 12.3. The zero-order valence-electron chi connectivity index (χ0n) is 19.7. The number of rotatable bonds is 7. The molecule has 3 heterocycles. The summed E-state index contributed by atoms with van der Waals surface area (Å²) in [5.41, 5.74) is 2.60. The van der Waals surface area contributed by atoms with Gasteiger partial charge in [-0.15, -0.1) is 22.7 Å². The fourth-order valence-electron chi connectivity index (χ4n) is 3.25. The van der Waals surface area contributed by atoms with Gasteiger partial charge >= 0.3 is 0 Å². The zero-order chi connectivity index (χ0) is 24.5. The molecule has 0 saturated heterocycles. The minimum Gasteiger partial charge on any atom is -0.493 e. The summed E-state index contributed by atoms with van der Waals surface area (Å²) in [5, 5.41) is 7.36. The number of hydrogen-bond donors (Lipinski definition) is 1. The van der Waals surface area contributed by atoms with Crippen LogP contribution < -0.4 is 14.8 Å². The first-order valence-electron chi connectivity index (χ1n) is 10.6. The van der Waals surface area contributed by atoms with Gasteiger partial charge < -0.3 is 9.47 Å². The number of thiazole rings is 2. The standard InChI is InChI=1S/C25H26N4O3S2/c1-15(2)32-21-16(8-7-9-18(21)31-6)10-11-17-20(29-12-13-33-24(29)26-17)22(30)28-23-27-19(14-34-23)25(3,4)5/h7-14H,1H2,2-6H3,(H,27,28,30)/b11-10+. The molecule has 0 radical (unpaired) electrons. The zero-order valence-corrected chi connectivity index (χ0v) is 21.3. The number of methoxy groups -OCH3 is 1. The van der Waals surface area contributed by atoms with Crippen molar-refractivity contribution in [2.75, 3.05) is 12.4 Å². The summed E-state index contributed by atoms with van der Waals surface area (Å²) in [6.07, 6.45) is 5.49. The largest absolute Gasteiger partial charge is 0.493 e. The Balaban J connectivity index is 1.69. The number of fused-ring (bicyclic) bond motifs is 1. The van der Waals surface area contributed by atoms with E-state index in [0.29, 0.717) is 33.8 Å². The highest BCUT2D eigenvalue weighted by molar-refractivity contribution is 7.15. The third kappa shape index (κ3) is 4.90. The maximum absolute atomic E-state index is 13.3. The van der Waals surface area contributed by atoms with Crippen molar-refractivity contribution in [3.05, 3.63) is 70.1 Å². The third-order valence-electron chi connectivity index (χ3n) is 4.92. The van der Waals surface area contributed by atoms with Crippen LogP contribution in [0.15, 0.2) is 47.5 Å². The quantitative estimate of drug-likeness (QED) is 0.297. The highest BCUT2D eigenvalue weighted by Gasteiger charge is 2.22. The van der Waals surface area contributed by atoms with Crippen molar-refractivity contribution in [1.29, 1.82) is 0 Å². The molecular weight excluding hydrogens is 468 g/mol. The molecule has 0 aliphatic carbocycles. The summed E-state index contributed by atoms with van der Waals surface area (Å²) in [4.78, 5) is 23.3. The highest BCUT2D eigenvalue weighted by Crippen LogP contribution is 2.34. The molecule has 4 aromatic rings. The van der Waals surface area contributed by atoms with E-state index in [4.69, 9.17) is 9.47 Å². The monoisotopic (exact) mass is 494 g/mol. The lowest BCUT2D eigenvalue weighted by atomic mass is 9.93. The topological polar surface area (TPSA) is 77.8 Å². The fraction of sp³-hybridized carbons (Fsp3) is 0.240. The van der Waals surface area contributed by atoms with E-state index >= 15 is 0 Å². The molecule has 34 heavy (non-hydrogen) atoms. The van der Waals surface area contributed by atoms with E-state index in [-0.39, 0.29) is 11.3 Å². The predicted octanol–water partition coefficient (Wildman–Crippen LogP) is 6.49. The molecule has 7 nitrogen and oxygen atoms in total. The van der Waals surface area contributed by atoms with Crippen LogP contribution in [0.5, 0.6) is 11.5 Å². The van der Waals surface area contributed by atoms with Crippen LogP contribution in [0.25, 0.3) is 17.1 Å². The van der Waals surface area contributed by atoms with E-state index in [0.717, 1.165) is 16.2 Å². The van der Waals surface area contributed by atoms with E-state index in [9.17, 15) is 4.79 Å². The van der Waals surface area contributed by atoms with Crippen LogP contribution in [0.2, 0.25) is 0 Å². The highest BCUT2D eigenvalue weighted by atomic mass is 32.1. The van der Waals surface area contributed by atoms with Gasteiger partial charge in [0.15, 0.2) is 21.6 Å². The number of imidazole rings is 1. The van der Waals surface area contributed by atoms with Crippen molar-refractivity contribution in [1.82, 2.24) is 14.4 Å². The first-order chi connectivity index (χ1) is 16.2. The van der Waals surface area contributed by atoms with Crippen molar-refractivity contribution in [3.8, 4) is 11.5 Å². The number of allylic oxidation sites excluding steroid dienone is 1. The summed E-state index contributed by atoms with van der Waals surface area (Å²) in [7, 11) is 1.59. The lowest BCUT2D eigenvalue weighted by Gasteiger charge is -2.14. The second-order valence-corrected chi connectivity index (χ2v) is 10.4. The lowest BCUT2D eigenvalue weighted by molar-refractivity contribution is 0.102. The molecule has 4 rings (SSSR count). The SMILES string of the molecule is C=C(C)Oc1c(/C=C/c2nc3sccn3c2C(=O)Nc2nc(C(C)(C)C)cs2)cccc1OC. The van der Waals surface area contributed by atoms with Gasteiger partial charge in [0.25, 0.3) is 5.91 Å². The van der Waals surface area contributed by atoms with Crippen molar-refractivity contribution in [2.24, 2.45) is 0 Å². The molecule has 0 aliphatic heterocycles. The van der Waals surface area contributed by atoms with Crippen LogP contribution in [-0.2, 0) is 5.41 Å². The number of hydrogen-bond acceptors (Lipinski definition) is 7. The van der Waals surface area contributed by atoms with E-state index in [2.05, 4.69) is 42.6 Å². The molecule has 0 unspecified atom stereocenters. The van der Waals surface area contributed by atoms with Gasteiger partial charge in [-0.05, 0) is 25.1 Å². The minimum absolute atomic E-state index is 0.0923. The van der Waals surface area contributed by atoms with Crippen LogP contribution in [0.1, 0.15) is 55.1 Å². The van der Waals surface area contributed by atoms with Gasteiger partial charge in [0, 0.05) is 27.9 Å². The minimum atomic E-state index is -0.274. The van der Waals surface area contributed by atoms with Crippen LogP contribution in [0, 0.1) is 0 Å². The number of nitrogens with zero attached hydrogens (tertiary/aromatic N) is 3. The van der Waals surface area contributed by atoms with Gasteiger partial charge in [-0.2, -0.15) is 0 Å². The van der Waals surface area contributed by atoms with Crippen LogP contribution in [-0.4, -0.2) is 27.4 Å². The van der Waals surface area contributed by atoms with E-state index in [1.807, 2.05) is 41.2 Å². The number of carbonyl (C=O) groups is 1. The number of amides is 1. The maximum Gasteiger partial charge on any atom is 0.276 e. The number of nitrogens with one attached hydrogen (secondary N) is 1. The van der Waals surface area contributed by atoms with Crippen LogP contribution in [0.3, 0.4) is 0 Å². The number of para-hydroxylation sites is 1. The van der Waals surface area contributed by atoms with E-state index < -0.39 is 0 Å². The molecule has 9 heteroatoms. The molecular formula is C25H26N4O3S2. The predicted molar refractivity (Wildman–Crippen MR) is 139 cm³/mol. The summed E-state index contributed by atoms with van der Waals surface area (Å²) in [5.74, 6) is 1.41. The maximum atomic E-state index is 13.3. The molecule has 0 saturated carbocycles. The first kappa shape index (κ1) is 23.7. The van der Waals surface area contributed by atoms with Gasteiger partial charge in [-0.1, -0.05) is 39.5 Å². The third-order valence-corrected chi connectivity index (χ3v) is 6.44. The molecule has 0 bridgehead atoms. The molecule has 1 amide bonds. The molecule has 3 aromatic heterocycles. The molecule has 1 N–H and O–H groups in total. The lowest BCUT2D eigenvalue weighted by Crippen LogP contribution is -2.16. The molecule has 0 atom stereocenters. The number of carbonyl (C=O) groups excluding carboxylic acids is 1. The van der Waals surface area contributed by atoms with Gasteiger partial charge in [-0.25, -0.2) is 9.97 Å². The van der Waals surface area contributed by atoms with Gasteiger partial charge in [0.1, 0.15) is 5.69 Å². The van der Waals surface area contributed by atoms with Crippen molar-refractivity contribution < 1.29 is 14.3 Å². The van der Waals surface area contributed by atoms with E-state index in [1.54, 1.807) is 24.5 Å². The molecule has 0 fully saturated rings. The number of ether oxygens (including phenoxy) is 2. The normalized spacial score (nSPS) is 11.8. The van der Waals surface area contributed by atoms with Crippen LogP contribution in [0.4, 0.5) is 5.13 Å². The second kappa shape index (κ2) is 9.44. The smallest absolute Gasteiger partial charge is 0.276 e. The Hall–Kier alpha value is -3.43. The van der Waals surface area contributed by atoms with E-state index in [1.165, 1.54) is 22.7 Å². The van der Waals surface area contributed by atoms with Gasteiger partial charge in [0.2, 0.25) is 0 Å². The molecule has 0 aliphatic rings. The van der Waals surface area contributed by atoms with Crippen molar-refractivity contribution in [3.63, 3.8) is 0 Å². The number of anilines is 1. The number of benzene rings is 1. The van der Waals surface area contributed by atoms with Gasteiger partial charge in [0.05, 0.1) is 24.3 Å². The molecule has 1 aromatic carbocycles. The molecule has 176 valence electrons. The molecule has 0 spiro atoms. The average Bonchev–Trinajstić information content (AvgIpc) is 3.48. The van der Waals surface area contributed by atoms with Crippen molar-refractivity contribution >= 4 is 50.8 Å². The summed E-state index contributed by atoms with van der Waals surface area (Å²) in [6.45, 7) is 11.9. The summed E-state index contributed by atoms with van der Waals surface area (Å²) < 4.78 is 13.0. The van der Waals surface area contributed by atoms with Crippen LogP contribution >= 0.6 is 22.7 Å². The van der Waals surface area contributed by atoms with Crippen molar-refractivity contribution in [2.45, 2.75) is 33.1 Å². The summed E-state index contributed by atoms with van der Waals surface area (Å²) in [6, 6.07) is 5.60. The Labute approximate surface area is 206 Å². The Morgan fingerprint density at radius 1 is 1.21 bits per heavy atom. The Morgan fingerprint density at radius 3 is 2.68 bits per heavy atom. The average molecular weight is 495 g/mol. The Kier molecular flexibility index (Phi) is 6.58. The second-order valence-electron chi connectivity index (χ2n) is 8.66.